The zero-order valence-corrected chi connectivity index (χ0v) is 21.1. The molecule has 2 aromatic carbocycles. The summed E-state index contributed by atoms with van der Waals surface area (Å²) in [6.45, 7) is 0. The first-order chi connectivity index (χ1) is 18.7. The van der Waals surface area contributed by atoms with Gasteiger partial charge >= 0.3 is 5.97 Å². The van der Waals surface area contributed by atoms with Gasteiger partial charge in [-0.25, -0.2) is 10.0 Å². The number of hydrogen-bond donors (Lipinski definition) is 1. The van der Waals surface area contributed by atoms with Gasteiger partial charge in [-0.15, -0.1) is 0 Å². The van der Waals surface area contributed by atoms with E-state index in [4.69, 9.17) is 16.7 Å². The fraction of sp³-hybridized carbons (Fsp3) is 0.179. The maximum absolute atomic E-state index is 13.5. The number of hydrazone groups is 1. The minimum atomic E-state index is -1.15. The van der Waals surface area contributed by atoms with E-state index in [1.807, 2.05) is 30.3 Å². The van der Waals surface area contributed by atoms with Crippen molar-refractivity contribution in [1.82, 2.24) is 5.01 Å². The van der Waals surface area contributed by atoms with E-state index in [0.29, 0.717) is 21.9 Å². The third-order valence-electron chi connectivity index (χ3n) is 6.64. The Hall–Kier alpha value is -4.70. The number of nitro benzene ring substituents is 1. The van der Waals surface area contributed by atoms with Crippen LogP contribution in [0.4, 0.5) is 5.69 Å². The molecule has 2 heterocycles. The lowest BCUT2D eigenvalue weighted by molar-refractivity contribution is -0.385. The van der Waals surface area contributed by atoms with E-state index >= 15 is 0 Å². The number of nitrogens with zero attached hydrogens (tertiary/aromatic N) is 4. The summed E-state index contributed by atoms with van der Waals surface area (Å²) in [7, 11) is 0. The Kier molecular flexibility index (Phi) is 7.03. The molecule has 2 unspecified atom stereocenters. The number of benzene rings is 2. The fourth-order valence-corrected chi connectivity index (χ4v) is 5.09. The quantitative estimate of drug-likeness (QED) is 0.390. The summed E-state index contributed by atoms with van der Waals surface area (Å²) < 4.78 is 0. The Morgan fingerprint density at radius 3 is 2.59 bits per heavy atom. The maximum Gasteiger partial charge on any atom is 0.303 e. The predicted octanol–water partition coefficient (Wildman–Crippen LogP) is 4.83. The lowest BCUT2D eigenvalue weighted by Crippen LogP contribution is -2.27. The highest BCUT2D eigenvalue weighted by Crippen LogP contribution is 2.41. The number of non-ortho nitro benzene ring substituents is 1. The summed E-state index contributed by atoms with van der Waals surface area (Å²) in [4.78, 5) is 52.9. The van der Waals surface area contributed by atoms with Crippen LogP contribution in [0.5, 0.6) is 0 Å². The molecule has 0 bridgehead atoms. The third kappa shape index (κ3) is 5.19. The highest BCUT2D eigenvalue weighted by molar-refractivity contribution is 6.36. The van der Waals surface area contributed by atoms with Crippen LogP contribution in [-0.4, -0.2) is 44.2 Å². The standard InChI is InChI=1S/C28H21ClN4O6/c29-18-9-10-21-20(14-18)26(16-5-2-1-3-6-16)27(28(37)30-21)22-15-23(17-7-4-8-19(13-17)33(38)39)32(31-22)24(34)11-12-25(35)36/h1-10,13-14,20,23H,11-12,15H2,(H,35,36). The van der Waals surface area contributed by atoms with Gasteiger partial charge in [0.25, 0.3) is 11.6 Å². The number of carboxylic acid groups (broad SMARTS) is 1. The van der Waals surface area contributed by atoms with Gasteiger partial charge in [0, 0.05) is 35.9 Å². The summed E-state index contributed by atoms with van der Waals surface area (Å²) in [5.74, 6) is -2.70. The number of rotatable bonds is 7. The number of allylic oxidation sites excluding steroid dienone is 5. The van der Waals surface area contributed by atoms with Crippen molar-refractivity contribution in [1.29, 1.82) is 0 Å². The summed E-state index contributed by atoms with van der Waals surface area (Å²) in [5, 5.41) is 26.6. The zero-order valence-electron chi connectivity index (χ0n) is 20.4. The molecule has 0 aromatic heterocycles. The van der Waals surface area contributed by atoms with Crippen molar-refractivity contribution in [2.24, 2.45) is 16.0 Å². The zero-order chi connectivity index (χ0) is 27.7. The molecule has 0 saturated heterocycles. The lowest BCUT2D eigenvalue weighted by Gasteiger charge is -2.27. The molecular weight excluding hydrogens is 524 g/mol. The molecule has 2 atom stereocenters. The number of aliphatic carboxylic acids is 1. The summed E-state index contributed by atoms with van der Waals surface area (Å²) in [6, 6.07) is 14.3. The van der Waals surface area contributed by atoms with Crippen LogP contribution in [-0.2, 0) is 14.4 Å². The number of fused-ring (bicyclic) bond motifs is 1. The Labute approximate surface area is 227 Å². The predicted molar refractivity (Wildman–Crippen MR) is 144 cm³/mol. The highest BCUT2D eigenvalue weighted by Gasteiger charge is 2.40. The van der Waals surface area contributed by atoms with Gasteiger partial charge in [-0.3, -0.25) is 24.5 Å². The molecule has 0 fully saturated rings. The van der Waals surface area contributed by atoms with Gasteiger partial charge in [0.2, 0.25) is 5.91 Å². The number of halogens is 1. The van der Waals surface area contributed by atoms with Gasteiger partial charge in [-0.2, -0.15) is 5.10 Å². The van der Waals surface area contributed by atoms with Gasteiger partial charge in [0.1, 0.15) is 0 Å². The Morgan fingerprint density at radius 1 is 1.10 bits per heavy atom. The van der Waals surface area contributed by atoms with Crippen LogP contribution in [0.1, 0.15) is 36.4 Å². The molecule has 2 amide bonds. The van der Waals surface area contributed by atoms with Crippen molar-refractivity contribution in [3.63, 3.8) is 0 Å². The smallest absolute Gasteiger partial charge is 0.303 e. The SMILES string of the molecule is O=C(O)CCC(=O)N1N=C(C2=C(c3ccccc3)C3C=C(Cl)C=CC3=NC2=O)CC1c1cccc([N+](=O)[O-])c1. The van der Waals surface area contributed by atoms with E-state index in [1.54, 1.807) is 24.3 Å². The monoisotopic (exact) mass is 544 g/mol. The molecule has 196 valence electrons. The second-order valence-electron chi connectivity index (χ2n) is 9.11. The highest BCUT2D eigenvalue weighted by atomic mass is 35.5. The lowest BCUT2D eigenvalue weighted by atomic mass is 9.79. The number of carbonyl (C=O) groups is 3. The van der Waals surface area contributed by atoms with Gasteiger partial charge in [0.15, 0.2) is 0 Å². The average Bonchev–Trinajstić information content (AvgIpc) is 3.37. The molecule has 3 aliphatic rings. The van der Waals surface area contributed by atoms with E-state index in [-0.39, 0.29) is 29.8 Å². The number of nitro groups is 1. The molecule has 1 aliphatic carbocycles. The van der Waals surface area contributed by atoms with Gasteiger partial charge in [-0.1, -0.05) is 60.1 Å². The number of carbonyl (C=O) groups excluding carboxylic acids is 2. The Balaban J connectivity index is 1.64. The molecule has 11 heteroatoms. The van der Waals surface area contributed by atoms with Crippen molar-refractivity contribution in [3.05, 3.63) is 105 Å². The molecule has 1 N–H and O–H groups in total. The number of aliphatic imine (C=N–C) groups is 1. The number of amides is 2. The molecule has 10 nitrogen and oxygen atoms in total. The molecule has 2 aromatic rings. The third-order valence-corrected chi connectivity index (χ3v) is 6.89. The molecular formula is C28H21ClN4O6. The molecule has 2 aliphatic heterocycles. The first-order valence-electron chi connectivity index (χ1n) is 12.1. The van der Waals surface area contributed by atoms with Crippen molar-refractivity contribution in [3.8, 4) is 0 Å². The Morgan fingerprint density at radius 2 is 1.87 bits per heavy atom. The van der Waals surface area contributed by atoms with Crippen molar-refractivity contribution in [2.75, 3.05) is 0 Å². The molecule has 0 saturated carbocycles. The van der Waals surface area contributed by atoms with E-state index < -0.39 is 41.1 Å². The van der Waals surface area contributed by atoms with E-state index in [9.17, 15) is 24.5 Å². The van der Waals surface area contributed by atoms with Crippen molar-refractivity contribution in [2.45, 2.75) is 25.3 Å². The second kappa shape index (κ2) is 10.6. The first-order valence-corrected chi connectivity index (χ1v) is 12.4. The van der Waals surface area contributed by atoms with Gasteiger partial charge in [-0.05, 0) is 28.9 Å². The first kappa shape index (κ1) is 25.9. The minimum Gasteiger partial charge on any atom is -0.481 e. The van der Waals surface area contributed by atoms with E-state index in [1.165, 1.54) is 18.2 Å². The molecule has 0 radical (unpaired) electrons. The van der Waals surface area contributed by atoms with Gasteiger partial charge in [0.05, 0.1) is 34.4 Å². The van der Waals surface area contributed by atoms with Crippen molar-refractivity contribution >= 4 is 52.1 Å². The Bertz CT molecular complexity index is 1560. The maximum atomic E-state index is 13.5. The van der Waals surface area contributed by atoms with Crippen LogP contribution in [0.25, 0.3) is 5.57 Å². The largest absolute Gasteiger partial charge is 0.481 e. The van der Waals surface area contributed by atoms with Crippen LogP contribution in [0.15, 0.2) is 93.5 Å². The average molecular weight is 545 g/mol. The summed E-state index contributed by atoms with van der Waals surface area (Å²) in [6.07, 6.45) is 4.47. The van der Waals surface area contributed by atoms with Crippen molar-refractivity contribution < 1.29 is 24.4 Å². The molecule has 39 heavy (non-hydrogen) atoms. The van der Waals surface area contributed by atoms with Crippen LogP contribution in [0.2, 0.25) is 0 Å². The molecule has 5 rings (SSSR count). The van der Waals surface area contributed by atoms with E-state index in [2.05, 4.69) is 10.1 Å². The topological polar surface area (TPSA) is 143 Å². The number of carboxylic acids is 1. The second-order valence-corrected chi connectivity index (χ2v) is 9.55. The fourth-order valence-electron chi connectivity index (χ4n) is 4.90. The van der Waals surface area contributed by atoms with Crippen LogP contribution in [0.3, 0.4) is 0 Å². The number of dihydropyridines is 1. The normalized spacial score (nSPS) is 20.3. The van der Waals surface area contributed by atoms with E-state index in [0.717, 1.165) is 10.6 Å². The van der Waals surface area contributed by atoms with Gasteiger partial charge < -0.3 is 5.11 Å². The van der Waals surface area contributed by atoms with Crippen LogP contribution in [0, 0.1) is 16.0 Å². The number of hydrogen-bond acceptors (Lipinski definition) is 6. The summed E-state index contributed by atoms with van der Waals surface area (Å²) >= 11 is 6.33. The van der Waals surface area contributed by atoms with Crippen LogP contribution < -0.4 is 0 Å². The minimum absolute atomic E-state index is 0.0717. The van der Waals surface area contributed by atoms with Crippen LogP contribution >= 0.6 is 11.6 Å². The summed E-state index contributed by atoms with van der Waals surface area (Å²) in [5.41, 5.74) is 2.67. The molecule has 0 spiro atoms.